The van der Waals surface area contributed by atoms with E-state index in [0.29, 0.717) is 5.82 Å². The second kappa shape index (κ2) is 7.82. The first-order valence-corrected chi connectivity index (χ1v) is 7.51. The molecule has 118 valence electrons. The van der Waals surface area contributed by atoms with Crippen molar-refractivity contribution in [2.24, 2.45) is 20.5 Å². The first-order chi connectivity index (χ1) is 11.8. The van der Waals surface area contributed by atoms with Crippen molar-refractivity contribution in [2.45, 2.75) is 13.1 Å². The Labute approximate surface area is 140 Å². The van der Waals surface area contributed by atoms with Gasteiger partial charge in [-0.15, -0.1) is 5.11 Å². The molecule has 3 aromatic rings. The van der Waals surface area contributed by atoms with E-state index < -0.39 is 6.17 Å². The Kier molecular flexibility index (Phi) is 5.09. The van der Waals surface area contributed by atoms with Gasteiger partial charge in [-0.2, -0.15) is 15.3 Å². The van der Waals surface area contributed by atoms with Crippen molar-refractivity contribution in [2.75, 3.05) is 0 Å². The summed E-state index contributed by atoms with van der Waals surface area (Å²) in [6, 6.07) is 17.0. The minimum Gasteiger partial charge on any atom is -0.264 e. The number of nitrogens with zero attached hydrogens (tertiary/aromatic N) is 6. The van der Waals surface area contributed by atoms with Gasteiger partial charge in [0.05, 0.1) is 5.69 Å². The third kappa shape index (κ3) is 4.13. The molecule has 1 unspecified atom stereocenters. The molecule has 0 saturated carbocycles. The highest BCUT2D eigenvalue weighted by molar-refractivity contribution is 5.36. The van der Waals surface area contributed by atoms with Crippen LogP contribution in [0.25, 0.3) is 0 Å². The van der Waals surface area contributed by atoms with Crippen LogP contribution < -0.4 is 0 Å². The Morgan fingerprint density at radius 1 is 0.833 bits per heavy atom. The molecule has 0 aliphatic rings. The Morgan fingerprint density at radius 3 is 2.38 bits per heavy atom. The van der Waals surface area contributed by atoms with Gasteiger partial charge in [-0.3, -0.25) is 4.98 Å². The first-order valence-electron chi connectivity index (χ1n) is 7.51. The third-order valence-corrected chi connectivity index (χ3v) is 3.26. The number of hydrogen-bond acceptors (Lipinski definition) is 6. The maximum Gasteiger partial charge on any atom is 0.208 e. The summed E-state index contributed by atoms with van der Waals surface area (Å²) in [6.07, 6.45) is 4.53. The number of azo groups is 2. The number of aryl methyl sites for hydroxylation is 1. The highest BCUT2D eigenvalue weighted by Gasteiger charge is 2.09. The van der Waals surface area contributed by atoms with Gasteiger partial charge in [0.15, 0.2) is 5.82 Å². The summed E-state index contributed by atoms with van der Waals surface area (Å²) in [4.78, 5) is 8.33. The second-order valence-electron chi connectivity index (χ2n) is 5.07. The highest BCUT2D eigenvalue weighted by Crippen LogP contribution is 2.24. The highest BCUT2D eigenvalue weighted by atomic mass is 15.3. The van der Waals surface area contributed by atoms with Crippen molar-refractivity contribution in [1.29, 1.82) is 0 Å². The summed E-state index contributed by atoms with van der Waals surface area (Å²) < 4.78 is 0. The zero-order valence-electron chi connectivity index (χ0n) is 13.2. The van der Waals surface area contributed by atoms with Crippen LogP contribution in [0.15, 0.2) is 93.6 Å². The molecule has 0 radical (unpaired) electrons. The van der Waals surface area contributed by atoms with Crippen molar-refractivity contribution in [1.82, 2.24) is 9.97 Å². The second-order valence-corrected chi connectivity index (χ2v) is 5.07. The molecule has 0 saturated heterocycles. The predicted octanol–water partition coefficient (Wildman–Crippen LogP) is 5.35. The Bertz CT molecular complexity index is 830. The van der Waals surface area contributed by atoms with Gasteiger partial charge in [0.1, 0.15) is 0 Å². The molecule has 0 aliphatic carbocycles. The Balaban J connectivity index is 1.88. The van der Waals surface area contributed by atoms with Crippen LogP contribution in [0.4, 0.5) is 11.5 Å². The van der Waals surface area contributed by atoms with Crippen LogP contribution in [0.5, 0.6) is 0 Å². The van der Waals surface area contributed by atoms with Crippen molar-refractivity contribution in [3.8, 4) is 0 Å². The topological polar surface area (TPSA) is 75.2 Å². The fourth-order valence-corrected chi connectivity index (χ4v) is 1.99. The van der Waals surface area contributed by atoms with Gasteiger partial charge >= 0.3 is 0 Å². The fourth-order valence-electron chi connectivity index (χ4n) is 1.99. The van der Waals surface area contributed by atoms with Gasteiger partial charge in [0, 0.05) is 24.2 Å². The summed E-state index contributed by atoms with van der Waals surface area (Å²) in [5.74, 6) is 0.571. The number of aromatic nitrogens is 2. The van der Waals surface area contributed by atoms with Crippen LogP contribution in [-0.4, -0.2) is 9.97 Å². The summed E-state index contributed by atoms with van der Waals surface area (Å²) in [6.45, 7) is 1.94. The van der Waals surface area contributed by atoms with E-state index in [1.807, 2.05) is 61.5 Å². The molecule has 0 N–H and O–H groups in total. The lowest BCUT2D eigenvalue weighted by Crippen LogP contribution is -1.91. The molecule has 2 aromatic heterocycles. The van der Waals surface area contributed by atoms with Gasteiger partial charge in [-0.1, -0.05) is 30.3 Å². The van der Waals surface area contributed by atoms with Crippen LogP contribution in [-0.2, 0) is 0 Å². The molecule has 6 nitrogen and oxygen atoms in total. The van der Waals surface area contributed by atoms with E-state index in [9.17, 15) is 0 Å². The van der Waals surface area contributed by atoms with E-state index in [0.717, 1.165) is 16.8 Å². The van der Waals surface area contributed by atoms with E-state index in [1.165, 1.54) is 0 Å². The minimum absolute atomic E-state index is 0.569. The summed E-state index contributed by atoms with van der Waals surface area (Å²) in [5, 5.41) is 17.1. The molecule has 0 amide bonds. The molecule has 2 heterocycles. The SMILES string of the molecule is Cc1cccnc1N=NC(N=Nc1ccccc1)c1cccnc1. The molecular weight excluding hydrogens is 300 g/mol. The van der Waals surface area contributed by atoms with Crippen molar-refractivity contribution < 1.29 is 0 Å². The molecule has 0 spiro atoms. The van der Waals surface area contributed by atoms with E-state index in [-0.39, 0.29) is 0 Å². The van der Waals surface area contributed by atoms with Crippen LogP contribution in [0.2, 0.25) is 0 Å². The molecule has 3 rings (SSSR count). The van der Waals surface area contributed by atoms with E-state index >= 15 is 0 Å². The largest absolute Gasteiger partial charge is 0.264 e. The molecule has 24 heavy (non-hydrogen) atoms. The molecule has 0 bridgehead atoms. The molecule has 1 aromatic carbocycles. The van der Waals surface area contributed by atoms with E-state index in [1.54, 1.807) is 18.6 Å². The lowest BCUT2D eigenvalue weighted by molar-refractivity contribution is 0.683. The number of benzene rings is 1. The summed E-state index contributed by atoms with van der Waals surface area (Å²) in [7, 11) is 0. The van der Waals surface area contributed by atoms with Crippen molar-refractivity contribution >= 4 is 11.5 Å². The zero-order chi connectivity index (χ0) is 16.6. The number of pyridine rings is 2. The Morgan fingerprint density at radius 2 is 1.62 bits per heavy atom. The average molecular weight is 316 g/mol. The Hall–Kier alpha value is -3.28. The van der Waals surface area contributed by atoms with Gasteiger partial charge in [-0.05, 0) is 36.8 Å². The maximum absolute atomic E-state index is 4.31. The number of hydrogen-bond donors (Lipinski definition) is 0. The summed E-state index contributed by atoms with van der Waals surface area (Å²) in [5.41, 5.74) is 2.52. The molecule has 1 atom stereocenters. The van der Waals surface area contributed by atoms with Gasteiger partial charge in [0.2, 0.25) is 6.17 Å². The lowest BCUT2D eigenvalue weighted by Gasteiger charge is -2.05. The minimum atomic E-state index is -0.569. The van der Waals surface area contributed by atoms with Crippen molar-refractivity contribution in [3.63, 3.8) is 0 Å². The monoisotopic (exact) mass is 316 g/mol. The summed E-state index contributed by atoms with van der Waals surface area (Å²) >= 11 is 0. The molecular formula is C18H16N6. The van der Waals surface area contributed by atoms with Crippen molar-refractivity contribution in [3.05, 3.63) is 84.3 Å². The molecule has 0 fully saturated rings. The standard InChI is InChI=1S/C18H16N6/c1-14-7-5-12-20-17(14)22-24-18(15-8-6-11-19-13-15)23-21-16-9-3-2-4-10-16/h2-13,18H,1H3. The third-order valence-electron chi connectivity index (χ3n) is 3.26. The number of rotatable bonds is 5. The van der Waals surface area contributed by atoms with Crippen LogP contribution in [0.1, 0.15) is 17.3 Å². The van der Waals surface area contributed by atoms with Crippen LogP contribution >= 0.6 is 0 Å². The van der Waals surface area contributed by atoms with Gasteiger partial charge in [-0.25, -0.2) is 4.98 Å². The first kappa shape index (κ1) is 15.6. The fraction of sp³-hybridized carbons (Fsp3) is 0.111. The van der Waals surface area contributed by atoms with Crippen LogP contribution in [0, 0.1) is 6.92 Å². The maximum atomic E-state index is 4.31. The normalized spacial score (nSPS) is 12.7. The zero-order valence-corrected chi connectivity index (χ0v) is 13.2. The molecule has 0 aliphatic heterocycles. The van der Waals surface area contributed by atoms with Gasteiger partial charge < -0.3 is 0 Å². The lowest BCUT2D eigenvalue weighted by atomic mass is 10.2. The van der Waals surface area contributed by atoms with Gasteiger partial charge in [0.25, 0.3) is 0 Å². The smallest absolute Gasteiger partial charge is 0.208 e. The van der Waals surface area contributed by atoms with Crippen LogP contribution in [0.3, 0.4) is 0 Å². The average Bonchev–Trinajstić information content (AvgIpc) is 2.65. The van der Waals surface area contributed by atoms with E-state index in [2.05, 4.69) is 30.4 Å². The predicted molar refractivity (Wildman–Crippen MR) is 91.4 cm³/mol. The van der Waals surface area contributed by atoms with E-state index in [4.69, 9.17) is 0 Å². The molecule has 6 heteroatoms. The quantitative estimate of drug-likeness (QED) is 0.595.